The SMILES string of the molecule is CCC1(C)CC2(C)CC12. The van der Waals surface area contributed by atoms with E-state index in [1.54, 1.807) is 0 Å². The standard InChI is InChI=1S/C9H16/c1-4-8(2)6-9(3)5-7(8)9/h7H,4-6H2,1-3H3. The maximum Gasteiger partial charge on any atom is -0.0284 e. The van der Waals surface area contributed by atoms with E-state index in [9.17, 15) is 0 Å². The first-order valence-corrected chi connectivity index (χ1v) is 4.11. The van der Waals surface area contributed by atoms with Crippen molar-refractivity contribution in [2.75, 3.05) is 0 Å². The highest BCUT2D eigenvalue weighted by molar-refractivity contribution is 5.17. The third kappa shape index (κ3) is 0.500. The van der Waals surface area contributed by atoms with Gasteiger partial charge in [0.05, 0.1) is 0 Å². The number of hydrogen-bond donors (Lipinski definition) is 0. The normalized spacial score (nSPS) is 62.3. The van der Waals surface area contributed by atoms with Crippen LogP contribution in [-0.4, -0.2) is 0 Å². The minimum absolute atomic E-state index is 0.759. The Morgan fingerprint density at radius 3 is 2.22 bits per heavy atom. The summed E-state index contributed by atoms with van der Waals surface area (Å²) in [5.74, 6) is 1.11. The molecular weight excluding hydrogens is 108 g/mol. The van der Waals surface area contributed by atoms with Crippen LogP contribution in [0.25, 0.3) is 0 Å². The third-order valence-corrected chi connectivity index (χ3v) is 3.81. The van der Waals surface area contributed by atoms with Crippen molar-refractivity contribution >= 4 is 0 Å². The van der Waals surface area contributed by atoms with E-state index in [0.717, 1.165) is 16.7 Å². The summed E-state index contributed by atoms with van der Waals surface area (Å²) in [6.45, 7) is 7.22. The average Bonchev–Trinajstić information content (AvgIpc) is 2.36. The third-order valence-electron chi connectivity index (χ3n) is 3.81. The first-order chi connectivity index (χ1) is 4.11. The van der Waals surface area contributed by atoms with Gasteiger partial charge in [0.25, 0.3) is 0 Å². The molecule has 9 heavy (non-hydrogen) atoms. The first kappa shape index (κ1) is 5.76. The molecule has 0 N–H and O–H groups in total. The van der Waals surface area contributed by atoms with Crippen molar-refractivity contribution in [2.45, 2.75) is 40.0 Å². The molecule has 2 rings (SSSR count). The van der Waals surface area contributed by atoms with E-state index in [4.69, 9.17) is 0 Å². The second-order valence-corrected chi connectivity index (χ2v) is 4.60. The zero-order valence-corrected chi connectivity index (χ0v) is 6.70. The summed E-state index contributed by atoms with van der Waals surface area (Å²) in [5.41, 5.74) is 1.58. The van der Waals surface area contributed by atoms with Crippen LogP contribution in [0.2, 0.25) is 0 Å². The molecule has 2 saturated carbocycles. The second-order valence-electron chi connectivity index (χ2n) is 4.60. The first-order valence-electron chi connectivity index (χ1n) is 4.11. The van der Waals surface area contributed by atoms with Crippen LogP contribution in [0.3, 0.4) is 0 Å². The molecule has 0 nitrogen and oxygen atoms in total. The highest BCUT2D eigenvalue weighted by Crippen LogP contribution is 2.77. The van der Waals surface area contributed by atoms with Gasteiger partial charge < -0.3 is 0 Å². The van der Waals surface area contributed by atoms with Crippen LogP contribution in [0.4, 0.5) is 0 Å². The van der Waals surface area contributed by atoms with Crippen LogP contribution >= 0.6 is 0 Å². The molecule has 0 spiro atoms. The quantitative estimate of drug-likeness (QED) is 0.504. The molecule has 0 aromatic rings. The molecule has 0 saturated heterocycles. The van der Waals surface area contributed by atoms with Gasteiger partial charge in [-0.15, -0.1) is 0 Å². The Hall–Kier alpha value is 0. The highest BCUT2D eigenvalue weighted by Gasteiger charge is 2.68. The van der Waals surface area contributed by atoms with Gasteiger partial charge in [0, 0.05) is 0 Å². The number of rotatable bonds is 1. The summed E-state index contributed by atoms with van der Waals surface area (Å²) < 4.78 is 0. The van der Waals surface area contributed by atoms with Crippen molar-refractivity contribution in [2.24, 2.45) is 16.7 Å². The fourth-order valence-corrected chi connectivity index (χ4v) is 2.98. The zero-order chi connectivity index (χ0) is 6.70. The minimum Gasteiger partial charge on any atom is -0.0649 e. The Morgan fingerprint density at radius 1 is 1.44 bits per heavy atom. The molecule has 0 bridgehead atoms. The molecule has 2 aliphatic rings. The Balaban J connectivity index is 2.09. The van der Waals surface area contributed by atoms with E-state index in [2.05, 4.69) is 20.8 Å². The van der Waals surface area contributed by atoms with E-state index < -0.39 is 0 Å². The molecule has 2 fully saturated rings. The van der Waals surface area contributed by atoms with Crippen LogP contribution in [0.1, 0.15) is 40.0 Å². The maximum atomic E-state index is 2.45. The van der Waals surface area contributed by atoms with Gasteiger partial charge >= 0.3 is 0 Å². The summed E-state index contributed by atoms with van der Waals surface area (Å²) in [6, 6.07) is 0. The second kappa shape index (κ2) is 1.21. The summed E-state index contributed by atoms with van der Waals surface area (Å²) in [5, 5.41) is 0. The lowest BCUT2D eigenvalue weighted by molar-refractivity contribution is 0.0717. The Morgan fingerprint density at radius 2 is 2.11 bits per heavy atom. The summed E-state index contributed by atoms with van der Waals surface area (Å²) in [7, 11) is 0. The molecule has 0 aliphatic heterocycles. The fourth-order valence-electron chi connectivity index (χ4n) is 2.98. The van der Waals surface area contributed by atoms with Gasteiger partial charge in [0.15, 0.2) is 0 Å². The lowest BCUT2D eigenvalue weighted by Gasteiger charge is -2.42. The molecule has 0 heteroatoms. The molecular formula is C9H16. The highest BCUT2D eigenvalue weighted by atomic mass is 14.7. The van der Waals surface area contributed by atoms with Crippen LogP contribution in [0.5, 0.6) is 0 Å². The van der Waals surface area contributed by atoms with E-state index in [0.29, 0.717) is 0 Å². The van der Waals surface area contributed by atoms with Crippen molar-refractivity contribution in [3.63, 3.8) is 0 Å². The lowest BCUT2D eigenvalue weighted by atomic mass is 9.63. The average molecular weight is 124 g/mol. The minimum atomic E-state index is 0.759. The number of fused-ring (bicyclic) bond motifs is 1. The van der Waals surface area contributed by atoms with Crippen LogP contribution in [-0.2, 0) is 0 Å². The Kier molecular flexibility index (Phi) is 0.774. The monoisotopic (exact) mass is 124 g/mol. The van der Waals surface area contributed by atoms with Crippen molar-refractivity contribution in [3.05, 3.63) is 0 Å². The lowest BCUT2D eigenvalue weighted by Crippen LogP contribution is -2.34. The summed E-state index contributed by atoms with van der Waals surface area (Å²) >= 11 is 0. The van der Waals surface area contributed by atoms with E-state index in [1.165, 1.54) is 19.3 Å². The number of hydrogen-bond acceptors (Lipinski definition) is 0. The predicted molar refractivity (Wildman–Crippen MR) is 39.2 cm³/mol. The molecule has 0 heterocycles. The zero-order valence-electron chi connectivity index (χ0n) is 6.70. The van der Waals surface area contributed by atoms with Crippen molar-refractivity contribution in [1.29, 1.82) is 0 Å². The molecule has 0 aromatic carbocycles. The molecule has 0 aromatic heterocycles. The van der Waals surface area contributed by atoms with Gasteiger partial charge in [-0.3, -0.25) is 0 Å². The maximum absolute atomic E-state index is 2.45. The Bertz CT molecular complexity index is 150. The summed E-state index contributed by atoms with van der Waals surface area (Å²) in [4.78, 5) is 0. The van der Waals surface area contributed by atoms with E-state index >= 15 is 0 Å². The summed E-state index contributed by atoms with van der Waals surface area (Å²) in [6.07, 6.45) is 4.42. The molecule has 52 valence electrons. The van der Waals surface area contributed by atoms with Crippen LogP contribution < -0.4 is 0 Å². The van der Waals surface area contributed by atoms with Crippen molar-refractivity contribution < 1.29 is 0 Å². The van der Waals surface area contributed by atoms with Gasteiger partial charge in [-0.05, 0) is 29.6 Å². The smallest absolute Gasteiger partial charge is 0.0284 e. The van der Waals surface area contributed by atoms with Gasteiger partial charge in [-0.25, -0.2) is 0 Å². The van der Waals surface area contributed by atoms with Gasteiger partial charge in [0.1, 0.15) is 0 Å². The van der Waals surface area contributed by atoms with Crippen molar-refractivity contribution in [1.82, 2.24) is 0 Å². The van der Waals surface area contributed by atoms with Crippen LogP contribution in [0, 0.1) is 16.7 Å². The predicted octanol–water partition coefficient (Wildman–Crippen LogP) is 2.83. The molecule has 0 radical (unpaired) electrons. The van der Waals surface area contributed by atoms with Crippen molar-refractivity contribution in [3.8, 4) is 0 Å². The topological polar surface area (TPSA) is 0 Å². The van der Waals surface area contributed by atoms with E-state index in [1.807, 2.05) is 0 Å². The largest absolute Gasteiger partial charge is 0.0649 e. The molecule has 3 atom stereocenters. The molecule has 2 aliphatic carbocycles. The fraction of sp³-hybridized carbons (Fsp3) is 1.00. The molecule has 0 amide bonds. The molecule has 3 unspecified atom stereocenters. The van der Waals surface area contributed by atoms with E-state index in [-0.39, 0.29) is 0 Å². The van der Waals surface area contributed by atoms with Gasteiger partial charge in [-0.1, -0.05) is 27.2 Å². The van der Waals surface area contributed by atoms with Gasteiger partial charge in [-0.2, -0.15) is 0 Å². The van der Waals surface area contributed by atoms with Crippen LogP contribution in [0.15, 0.2) is 0 Å². The Labute approximate surface area is 57.6 Å². The van der Waals surface area contributed by atoms with Gasteiger partial charge in [0.2, 0.25) is 0 Å².